The van der Waals surface area contributed by atoms with Crippen molar-refractivity contribution in [2.75, 3.05) is 26.8 Å². The minimum absolute atomic E-state index is 0.0511. The highest BCUT2D eigenvalue weighted by Crippen LogP contribution is 2.28. The summed E-state index contributed by atoms with van der Waals surface area (Å²) in [4.78, 5) is 26.4. The number of sulfonamides is 1. The topological polar surface area (TPSA) is 102 Å². The molecule has 29 heavy (non-hydrogen) atoms. The molecule has 0 bridgehead atoms. The van der Waals surface area contributed by atoms with Crippen molar-refractivity contribution in [3.63, 3.8) is 0 Å². The van der Waals surface area contributed by atoms with E-state index in [0.717, 1.165) is 19.3 Å². The van der Waals surface area contributed by atoms with Crippen LogP contribution in [0.15, 0.2) is 23.1 Å². The number of nitrogens with one attached hydrogen (secondary N) is 1. The van der Waals surface area contributed by atoms with Gasteiger partial charge in [0.05, 0.1) is 12.7 Å². The molecule has 1 saturated heterocycles. The Morgan fingerprint density at radius 2 is 1.83 bits per heavy atom. The van der Waals surface area contributed by atoms with Gasteiger partial charge in [0.1, 0.15) is 10.6 Å². The average Bonchev–Trinajstić information content (AvgIpc) is 3.47. The molecule has 0 unspecified atom stereocenters. The Kier molecular flexibility index (Phi) is 6.48. The highest BCUT2D eigenvalue weighted by Gasteiger charge is 2.31. The van der Waals surface area contributed by atoms with Crippen LogP contribution in [0, 0.1) is 11.8 Å². The van der Waals surface area contributed by atoms with Crippen LogP contribution in [0.4, 0.5) is 0 Å². The van der Waals surface area contributed by atoms with Crippen LogP contribution in [-0.2, 0) is 19.6 Å². The Labute approximate surface area is 171 Å². The van der Waals surface area contributed by atoms with Gasteiger partial charge in [0.25, 0.3) is 5.91 Å². The summed E-state index contributed by atoms with van der Waals surface area (Å²) in [5.74, 6) is -0.0315. The fraction of sp³-hybridized carbons (Fsp3) is 0.600. The number of methoxy groups -OCH3 is 1. The van der Waals surface area contributed by atoms with E-state index in [4.69, 9.17) is 9.47 Å². The lowest BCUT2D eigenvalue weighted by Gasteiger charge is -2.34. The van der Waals surface area contributed by atoms with Crippen molar-refractivity contribution < 1.29 is 27.5 Å². The van der Waals surface area contributed by atoms with Crippen LogP contribution < -0.4 is 9.46 Å². The first-order chi connectivity index (χ1) is 13.7. The minimum atomic E-state index is -3.81. The van der Waals surface area contributed by atoms with E-state index < -0.39 is 16.0 Å². The summed E-state index contributed by atoms with van der Waals surface area (Å²) in [6, 6.07) is 3.98. The molecule has 1 aromatic rings. The predicted molar refractivity (Wildman–Crippen MR) is 106 cm³/mol. The van der Waals surface area contributed by atoms with Crippen molar-refractivity contribution in [1.29, 1.82) is 0 Å². The van der Waals surface area contributed by atoms with Crippen molar-refractivity contribution >= 4 is 21.9 Å². The summed E-state index contributed by atoms with van der Waals surface area (Å²) >= 11 is 0. The third-order valence-corrected chi connectivity index (χ3v) is 6.68. The van der Waals surface area contributed by atoms with Crippen molar-refractivity contribution in [3.05, 3.63) is 23.8 Å². The number of esters is 1. The van der Waals surface area contributed by atoms with Crippen LogP contribution in [0.2, 0.25) is 0 Å². The summed E-state index contributed by atoms with van der Waals surface area (Å²) in [6.45, 7) is 5.12. The van der Waals surface area contributed by atoms with Gasteiger partial charge >= 0.3 is 5.97 Å². The Morgan fingerprint density at radius 1 is 1.17 bits per heavy atom. The Balaban J connectivity index is 1.67. The molecule has 1 amide bonds. The normalized spacial score (nSPS) is 22.2. The molecule has 1 saturated carbocycles. The first-order valence-electron chi connectivity index (χ1n) is 9.85. The van der Waals surface area contributed by atoms with Gasteiger partial charge < -0.3 is 14.4 Å². The van der Waals surface area contributed by atoms with Crippen LogP contribution in [0.25, 0.3) is 0 Å². The molecular formula is C20H28N2O6S. The van der Waals surface area contributed by atoms with Gasteiger partial charge in [-0.05, 0) is 49.3 Å². The number of likely N-dealkylation sites (tertiary alicyclic amines) is 1. The highest BCUT2D eigenvalue weighted by atomic mass is 32.2. The third kappa shape index (κ3) is 5.48. The second kappa shape index (κ2) is 8.71. The Hall–Kier alpha value is -2.13. The van der Waals surface area contributed by atoms with E-state index in [9.17, 15) is 18.0 Å². The van der Waals surface area contributed by atoms with Crippen molar-refractivity contribution in [1.82, 2.24) is 9.62 Å². The van der Waals surface area contributed by atoms with Gasteiger partial charge in [0.15, 0.2) is 6.61 Å². The molecule has 0 aromatic heterocycles. The number of nitrogens with zero attached hydrogens (tertiary/aromatic N) is 1. The van der Waals surface area contributed by atoms with Gasteiger partial charge in [0, 0.05) is 19.1 Å². The minimum Gasteiger partial charge on any atom is -0.495 e. The molecule has 1 heterocycles. The lowest BCUT2D eigenvalue weighted by molar-refractivity contribution is -0.137. The van der Waals surface area contributed by atoms with Crippen LogP contribution in [-0.4, -0.2) is 58.0 Å². The maximum absolute atomic E-state index is 12.6. The number of hydrogen-bond donors (Lipinski definition) is 1. The number of ether oxygens (including phenoxy) is 2. The van der Waals surface area contributed by atoms with Crippen LogP contribution in [0.5, 0.6) is 5.75 Å². The van der Waals surface area contributed by atoms with Gasteiger partial charge in [0.2, 0.25) is 10.0 Å². The molecule has 0 radical (unpaired) electrons. The SMILES string of the molecule is COc1ccc(C(=O)OCC(=O)N2C[C@H](C)C[C@H](C)C2)cc1S(=O)(=O)NC1CC1. The summed E-state index contributed by atoms with van der Waals surface area (Å²) < 4.78 is 38.0. The molecule has 3 rings (SSSR count). The Morgan fingerprint density at radius 3 is 2.41 bits per heavy atom. The quantitative estimate of drug-likeness (QED) is 0.670. The van der Waals surface area contributed by atoms with E-state index in [2.05, 4.69) is 18.6 Å². The Bertz CT molecular complexity index is 871. The van der Waals surface area contributed by atoms with Gasteiger partial charge in [-0.25, -0.2) is 17.9 Å². The van der Waals surface area contributed by atoms with Crippen molar-refractivity contribution in [3.8, 4) is 5.75 Å². The van der Waals surface area contributed by atoms with E-state index in [1.165, 1.54) is 25.3 Å². The second-order valence-electron chi connectivity index (χ2n) is 8.08. The summed E-state index contributed by atoms with van der Waals surface area (Å²) in [7, 11) is -2.45. The van der Waals surface area contributed by atoms with Gasteiger partial charge in [-0.3, -0.25) is 4.79 Å². The first kappa shape index (κ1) is 21.6. The lowest BCUT2D eigenvalue weighted by Crippen LogP contribution is -2.44. The molecule has 2 atom stereocenters. The first-order valence-corrected chi connectivity index (χ1v) is 11.3. The summed E-state index contributed by atoms with van der Waals surface area (Å²) in [5, 5.41) is 0. The van der Waals surface area contributed by atoms with Gasteiger partial charge in [-0.1, -0.05) is 13.8 Å². The smallest absolute Gasteiger partial charge is 0.338 e. The molecule has 2 fully saturated rings. The zero-order chi connectivity index (χ0) is 21.2. The van der Waals surface area contributed by atoms with Crippen molar-refractivity contribution in [2.45, 2.75) is 44.0 Å². The highest BCUT2D eigenvalue weighted by molar-refractivity contribution is 7.89. The average molecular weight is 425 g/mol. The van der Waals surface area contributed by atoms with Gasteiger partial charge in [-0.2, -0.15) is 0 Å². The number of carbonyl (C=O) groups excluding carboxylic acids is 2. The fourth-order valence-electron chi connectivity index (χ4n) is 3.67. The number of piperidine rings is 1. The molecule has 160 valence electrons. The molecule has 1 aliphatic carbocycles. The molecule has 9 heteroatoms. The van der Waals surface area contributed by atoms with Gasteiger partial charge in [-0.15, -0.1) is 0 Å². The second-order valence-corrected chi connectivity index (χ2v) is 9.76. The predicted octanol–water partition coefficient (Wildman–Crippen LogP) is 1.80. The largest absolute Gasteiger partial charge is 0.495 e. The number of rotatable bonds is 7. The van der Waals surface area contributed by atoms with E-state index in [1.54, 1.807) is 4.90 Å². The van der Waals surface area contributed by atoms with E-state index in [0.29, 0.717) is 24.9 Å². The number of hydrogen-bond acceptors (Lipinski definition) is 6. The zero-order valence-electron chi connectivity index (χ0n) is 17.0. The summed E-state index contributed by atoms with van der Waals surface area (Å²) in [5.41, 5.74) is 0.0511. The number of amides is 1. The van der Waals surface area contributed by atoms with E-state index in [1.807, 2.05) is 0 Å². The molecule has 1 aromatic carbocycles. The third-order valence-electron chi connectivity index (χ3n) is 5.14. The van der Waals surface area contributed by atoms with Crippen LogP contribution in [0.3, 0.4) is 0 Å². The lowest BCUT2D eigenvalue weighted by atomic mass is 9.92. The van der Waals surface area contributed by atoms with E-state index >= 15 is 0 Å². The monoisotopic (exact) mass is 424 g/mol. The molecular weight excluding hydrogens is 396 g/mol. The van der Waals surface area contributed by atoms with E-state index in [-0.39, 0.29) is 34.8 Å². The van der Waals surface area contributed by atoms with Crippen LogP contribution >= 0.6 is 0 Å². The van der Waals surface area contributed by atoms with Crippen LogP contribution in [0.1, 0.15) is 43.5 Å². The molecule has 2 aliphatic rings. The molecule has 0 spiro atoms. The number of benzene rings is 1. The standard InChI is InChI=1S/C20H28N2O6S/c1-13-8-14(2)11-22(10-13)19(23)12-28-20(24)15-4-7-17(27-3)18(9-15)29(25,26)21-16-5-6-16/h4,7,9,13-14,16,21H,5-6,8,10-12H2,1-3H3/t13-,14+. The maximum Gasteiger partial charge on any atom is 0.338 e. The molecule has 8 nitrogen and oxygen atoms in total. The zero-order valence-corrected chi connectivity index (χ0v) is 17.8. The maximum atomic E-state index is 12.6. The molecule has 1 N–H and O–H groups in total. The van der Waals surface area contributed by atoms with Crippen molar-refractivity contribution in [2.24, 2.45) is 11.8 Å². The fourth-order valence-corrected chi connectivity index (χ4v) is 5.17. The number of carbonyl (C=O) groups is 2. The summed E-state index contributed by atoms with van der Waals surface area (Å²) in [6.07, 6.45) is 2.65. The molecule has 1 aliphatic heterocycles.